The number of carbonyl (C=O) groups is 1. The molecule has 0 aromatic heterocycles. The molecule has 4 bridgehead atoms. The molecule has 0 saturated heterocycles. The highest BCUT2D eigenvalue weighted by Crippen LogP contribution is 2.61. The molecular weight excluding hydrogens is 396 g/mol. The monoisotopic (exact) mass is 424 g/mol. The minimum Gasteiger partial charge on any atom is -0.349 e. The number of hydrogen-bond donors (Lipinski definition) is 1. The molecule has 4 aliphatic rings. The van der Waals surface area contributed by atoms with Gasteiger partial charge in [0.15, 0.2) is 0 Å². The second kappa shape index (κ2) is 6.99. The van der Waals surface area contributed by atoms with Crippen molar-refractivity contribution >= 4 is 27.5 Å². The van der Waals surface area contributed by atoms with Gasteiger partial charge in [-0.2, -0.15) is 0 Å². The fraction of sp³-hybridized carbons (Fsp3) is 0.667. The van der Waals surface area contributed by atoms with E-state index in [9.17, 15) is 13.2 Å². The Balaban J connectivity index is 1.54. The summed E-state index contributed by atoms with van der Waals surface area (Å²) in [6.45, 7) is 2.12. The molecule has 4 aliphatic carbocycles. The van der Waals surface area contributed by atoms with Gasteiger partial charge in [-0.1, -0.05) is 11.6 Å². The normalized spacial score (nSPS) is 32.5. The summed E-state index contributed by atoms with van der Waals surface area (Å²) in [5.74, 6) is 2.23. The molecule has 0 spiro atoms. The molecule has 7 heteroatoms. The van der Waals surface area contributed by atoms with Crippen molar-refractivity contribution in [1.82, 2.24) is 9.62 Å². The first kappa shape index (κ1) is 20.2. The highest BCUT2D eigenvalue weighted by molar-refractivity contribution is 7.89. The maximum absolute atomic E-state index is 12.9. The summed E-state index contributed by atoms with van der Waals surface area (Å²) in [6.07, 6.45) is 7.72. The van der Waals surface area contributed by atoms with Crippen molar-refractivity contribution in [3.63, 3.8) is 0 Å². The van der Waals surface area contributed by atoms with E-state index in [1.807, 2.05) is 0 Å². The van der Waals surface area contributed by atoms with Crippen molar-refractivity contribution < 1.29 is 13.2 Å². The number of rotatable bonds is 5. The van der Waals surface area contributed by atoms with Crippen LogP contribution in [0.2, 0.25) is 5.02 Å². The zero-order valence-electron chi connectivity index (χ0n) is 16.7. The Morgan fingerprint density at radius 3 is 2.18 bits per heavy atom. The molecule has 154 valence electrons. The minimum atomic E-state index is -3.71. The number of nitrogens with one attached hydrogen (secondary N) is 1. The van der Waals surface area contributed by atoms with Crippen LogP contribution in [0.1, 0.15) is 55.8 Å². The molecule has 1 aromatic rings. The van der Waals surface area contributed by atoms with Crippen LogP contribution in [0.15, 0.2) is 23.1 Å². The Labute approximate surface area is 172 Å². The first-order valence-electron chi connectivity index (χ1n) is 10.1. The topological polar surface area (TPSA) is 66.5 Å². The van der Waals surface area contributed by atoms with Crippen LogP contribution in [0.4, 0.5) is 0 Å². The van der Waals surface area contributed by atoms with E-state index in [1.54, 1.807) is 6.07 Å². The largest absolute Gasteiger partial charge is 0.349 e. The van der Waals surface area contributed by atoms with Gasteiger partial charge in [-0.15, -0.1) is 0 Å². The average molecular weight is 425 g/mol. The molecule has 1 atom stereocenters. The Hall–Kier alpha value is -1.11. The quantitative estimate of drug-likeness (QED) is 0.778. The highest BCUT2D eigenvalue weighted by atomic mass is 35.5. The van der Waals surface area contributed by atoms with Gasteiger partial charge in [0.05, 0.1) is 5.02 Å². The standard InChI is InChI=1S/C21H29ClN2O3S/c1-13(21-10-14-6-15(11-21)8-16(7-14)12-21)23-20(25)17-4-5-18(22)19(9-17)28(26,27)24(2)3/h4-5,9,13-16H,6-8,10-12H2,1-3H3,(H,23,25)/t13-,14?,15?,16?,21?/m1/s1. The Morgan fingerprint density at radius 2 is 1.68 bits per heavy atom. The van der Waals surface area contributed by atoms with Crippen molar-refractivity contribution in [2.75, 3.05) is 14.1 Å². The number of benzene rings is 1. The van der Waals surface area contributed by atoms with Crippen LogP contribution >= 0.6 is 11.6 Å². The van der Waals surface area contributed by atoms with Gasteiger partial charge in [0, 0.05) is 25.7 Å². The molecule has 28 heavy (non-hydrogen) atoms. The van der Waals surface area contributed by atoms with Crippen LogP contribution in [0.25, 0.3) is 0 Å². The van der Waals surface area contributed by atoms with Crippen LogP contribution in [0, 0.1) is 23.2 Å². The Bertz CT molecular complexity index is 862. The summed E-state index contributed by atoms with van der Waals surface area (Å²) < 4.78 is 26.1. The van der Waals surface area contributed by atoms with Gasteiger partial charge in [0.1, 0.15) is 4.90 Å². The zero-order valence-corrected chi connectivity index (χ0v) is 18.3. The predicted octanol–water partition coefficient (Wildman–Crippen LogP) is 3.93. The molecule has 0 heterocycles. The fourth-order valence-corrected chi connectivity index (χ4v) is 7.57. The molecule has 4 fully saturated rings. The average Bonchev–Trinajstić information content (AvgIpc) is 2.60. The molecule has 0 unspecified atom stereocenters. The Kier molecular flexibility index (Phi) is 5.04. The second-order valence-electron chi connectivity index (χ2n) is 9.41. The molecule has 1 N–H and O–H groups in total. The van der Waals surface area contributed by atoms with Crippen molar-refractivity contribution in [2.45, 2.75) is 56.4 Å². The van der Waals surface area contributed by atoms with Gasteiger partial charge in [-0.25, -0.2) is 12.7 Å². The van der Waals surface area contributed by atoms with Gasteiger partial charge in [0.2, 0.25) is 10.0 Å². The molecular formula is C21H29ClN2O3S. The predicted molar refractivity (Wildman–Crippen MR) is 110 cm³/mol. The minimum absolute atomic E-state index is 0.0331. The van der Waals surface area contributed by atoms with E-state index in [0.29, 0.717) is 5.56 Å². The van der Waals surface area contributed by atoms with E-state index in [0.717, 1.165) is 22.1 Å². The van der Waals surface area contributed by atoms with Crippen molar-refractivity contribution in [1.29, 1.82) is 0 Å². The van der Waals surface area contributed by atoms with Crippen LogP contribution < -0.4 is 5.32 Å². The highest BCUT2D eigenvalue weighted by Gasteiger charge is 2.53. The van der Waals surface area contributed by atoms with Crippen LogP contribution in [-0.2, 0) is 10.0 Å². The van der Waals surface area contributed by atoms with E-state index < -0.39 is 10.0 Å². The summed E-state index contributed by atoms with van der Waals surface area (Å²) in [5, 5.41) is 3.31. The van der Waals surface area contributed by atoms with E-state index in [1.165, 1.54) is 64.8 Å². The summed E-state index contributed by atoms with van der Waals surface area (Å²) in [6, 6.07) is 4.55. The van der Waals surface area contributed by atoms with Gasteiger partial charge in [-0.3, -0.25) is 4.79 Å². The Morgan fingerprint density at radius 1 is 1.14 bits per heavy atom. The van der Waals surface area contributed by atoms with Gasteiger partial charge in [0.25, 0.3) is 5.91 Å². The lowest BCUT2D eigenvalue weighted by atomic mass is 9.48. The van der Waals surface area contributed by atoms with E-state index in [4.69, 9.17) is 11.6 Å². The van der Waals surface area contributed by atoms with Crippen molar-refractivity contribution in [3.05, 3.63) is 28.8 Å². The summed E-state index contributed by atoms with van der Waals surface area (Å²) in [7, 11) is -0.804. The van der Waals surface area contributed by atoms with Crippen molar-refractivity contribution in [2.24, 2.45) is 23.2 Å². The van der Waals surface area contributed by atoms with Crippen LogP contribution in [0.5, 0.6) is 0 Å². The van der Waals surface area contributed by atoms with Crippen LogP contribution in [-0.4, -0.2) is 38.8 Å². The summed E-state index contributed by atoms with van der Waals surface area (Å²) in [5.41, 5.74) is 0.538. The van der Waals surface area contributed by atoms with Gasteiger partial charge < -0.3 is 5.32 Å². The van der Waals surface area contributed by atoms with Crippen molar-refractivity contribution in [3.8, 4) is 0 Å². The number of carbonyl (C=O) groups excluding carboxylic acids is 1. The first-order chi connectivity index (χ1) is 13.1. The third-order valence-electron chi connectivity index (χ3n) is 7.30. The summed E-state index contributed by atoms with van der Waals surface area (Å²) >= 11 is 6.11. The maximum Gasteiger partial charge on any atom is 0.251 e. The lowest BCUT2D eigenvalue weighted by molar-refractivity contribution is -0.0688. The number of halogens is 1. The van der Waals surface area contributed by atoms with Gasteiger partial charge >= 0.3 is 0 Å². The molecule has 1 aromatic carbocycles. The first-order valence-corrected chi connectivity index (χ1v) is 12.0. The molecule has 0 radical (unpaired) electrons. The number of amides is 1. The number of hydrogen-bond acceptors (Lipinski definition) is 3. The number of nitrogens with zero attached hydrogens (tertiary/aromatic N) is 1. The SMILES string of the molecule is C[C@@H](NC(=O)c1ccc(Cl)c(S(=O)(=O)N(C)C)c1)C12CC3CC(CC(C3)C1)C2. The molecule has 1 amide bonds. The zero-order chi connectivity index (χ0) is 20.3. The molecule has 4 saturated carbocycles. The second-order valence-corrected chi connectivity index (χ2v) is 11.9. The third-order valence-corrected chi connectivity index (χ3v) is 9.60. The lowest BCUT2D eigenvalue weighted by Crippen LogP contribution is -2.55. The number of sulfonamides is 1. The van der Waals surface area contributed by atoms with E-state index in [-0.39, 0.29) is 27.3 Å². The van der Waals surface area contributed by atoms with E-state index >= 15 is 0 Å². The molecule has 5 rings (SSSR count). The third kappa shape index (κ3) is 3.37. The maximum atomic E-state index is 12.9. The lowest BCUT2D eigenvalue weighted by Gasteiger charge is -2.59. The van der Waals surface area contributed by atoms with Gasteiger partial charge in [-0.05, 0) is 86.8 Å². The molecule has 5 nitrogen and oxygen atoms in total. The smallest absolute Gasteiger partial charge is 0.251 e. The van der Waals surface area contributed by atoms with Crippen LogP contribution in [0.3, 0.4) is 0 Å². The fourth-order valence-electron chi connectivity index (χ4n) is 6.18. The summed E-state index contributed by atoms with van der Waals surface area (Å²) in [4.78, 5) is 12.9. The van der Waals surface area contributed by atoms with E-state index in [2.05, 4.69) is 12.2 Å². The molecule has 0 aliphatic heterocycles.